The molecule has 2 aliphatic rings. The van der Waals surface area contributed by atoms with Gasteiger partial charge in [-0.05, 0) is 69.5 Å². The monoisotopic (exact) mass is 408 g/mol. The average Bonchev–Trinajstić information content (AvgIpc) is 2.77. The number of pyridine rings is 1. The Labute approximate surface area is 178 Å². The summed E-state index contributed by atoms with van der Waals surface area (Å²) in [7, 11) is 0. The summed E-state index contributed by atoms with van der Waals surface area (Å²) < 4.78 is 1.74. The van der Waals surface area contributed by atoms with Gasteiger partial charge >= 0.3 is 0 Å². The van der Waals surface area contributed by atoms with Gasteiger partial charge in [0.1, 0.15) is 5.56 Å². The molecule has 1 aromatic carbocycles. The number of carbonyl (C=O) groups is 1. The van der Waals surface area contributed by atoms with Crippen molar-refractivity contribution < 1.29 is 4.79 Å². The van der Waals surface area contributed by atoms with Crippen molar-refractivity contribution in [2.24, 2.45) is 5.92 Å². The molecule has 0 radical (unpaired) electrons. The van der Waals surface area contributed by atoms with Gasteiger partial charge in [-0.3, -0.25) is 9.59 Å². The van der Waals surface area contributed by atoms with E-state index in [1.165, 1.54) is 11.3 Å². The molecule has 160 valence electrons. The van der Waals surface area contributed by atoms with Gasteiger partial charge < -0.3 is 19.7 Å². The number of hydrogen-bond acceptors (Lipinski definition) is 4. The van der Waals surface area contributed by atoms with Gasteiger partial charge in [-0.15, -0.1) is 0 Å². The molecule has 1 N–H and O–H groups in total. The minimum Gasteiger partial charge on any atom is -0.368 e. The summed E-state index contributed by atoms with van der Waals surface area (Å²) in [5.41, 5.74) is 3.39. The molecule has 30 heavy (non-hydrogen) atoms. The first-order valence-electron chi connectivity index (χ1n) is 11.0. The number of rotatable bonds is 4. The Morgan fingerprint density at radius 1 is 1.07 bits per heavy atom. The Hall–Kier alpha value is -2.60. The third-order valence-corrected chi connectivity index (χ3v) is 6.41. The maximum Gasteiger partial charge on any atom is 0.263 e. The fraction of sp³-hybridized carbons (Fsp3) is 0.500. The highest BCUT2D eigenvalue weighted by atomic mass is 16.2. The number of benzene rings is 1. The summed E-state index contributed by atoms with van der Waals surface area (Å²) >= 11 is 0. The number of anilines is 1. The van der Waals surface area contributed by atoms with Crippen molar-refractivity contribution in [1.29, 1.82) is 0 Å². The number of aryl methyl sites for hydroxylation is 2. The highest BCUT2D eigenvalue weighted by Crippen LogP contribution is 2.18. The maximum absolute atomic E-state index is 13.3. The topological polar surface area (TPSA) is 57.6 Å². The molecule has 0 saturated carbocycles. The van der Waals surface area contributed by atoms with E-state index < -0.39 is 0 Å². The van der Waals surface area contributed by atoms with E-state index in [1.807, 2.05) is 24.1 Å². The molecule has 0 aliphatic carbocycles. The van der Waals surface area contributed by atoms with Crippen LogP contribution in [0.15, 0.2) is 41.3 Å². The SMILES string of the molecule is Cc1ccc(N2CCN(C(=O)c3c(C)ccn(CC4CCCNC4)c3=O)CC2)cc1. The number of aromatic nitrogens is 1. The summed E-state index contributed by atoms with van der Waals surface area (Å²) in [5.74, 6) is 0.317. The molecule has 3 heterocycles. The Kier molecular flexibility index (Phi) is 6.23. The normalized spacial score (nSPS) is 19.7. The number of piperidine rings is 1. The van der Waals surface area contributed by atoms with E-state index in [0.717, 1.165) is 44.6 Å². The molecule has 6 heteroatoms. The maximum atomic E-state index is 13.3. The first-order chi connectivity index (χ1) is 14.5. The minimum atomic E-state index is -0.147. The number of nitrogens with one attached hydrogen (secondary N) is 1. The van der Waals surface area contributed by atoms with E-state index in [1.54, 1.807) is 4.57 Å². The second-order valence-corrected chi connectivity index (χ2v) is 8.66. The lowest BCUT2D eigenvalue weighted by Crippen LogP contribution is -2.50. The third kappa shape index (κ3) is 4.43. The van der Waals surface area contributed by atoms with E-state index >= 15 is 0 Å². The highest BCUT2D eigenvalue weighted by Gasteiger charge is 2.26. The fourth-order valence-electron chi connectivity index (χ4n) is 4.51. The van der Waals surface area contributed by atoms with Crippen LogP contribution in [-0.2, 0) is 6.54 Å². The molecule has 2 aliphatic heterocycles. The predicted octanol–water partition coefficient (Wildman–Crippen LogP) is 2.43. The fourth-order valence-corrected chi connectivity index (χ4v) is 4.51. The average molecular weight is 409 g/mol. The zero-order valence-electron chi connectivity index (χ0n) is 18.1. The second-order valence-electron chi connectivity index (χ2n) is 8.66. The van der Waals surface area contributed by atoms with E-state index in [-0.39, 0.29) is 11.5 Å². The summed E-state index contributed by atoms with van der Waals surface area (Å²) in [4.78, 5) is 30.5. The quantitative estimate of drug-likeness (QED) is 0.844. The molecule has 1 amide bonds. The van der Waals surface area contributed by atoms with Gasteiger partial charge in [0.2, 0.25) is 0 Å². The van der Waals surface area contributed by atoms with Gasteiger partial charge in [0.15, 0.2) is 0 Å². The molecule has 1 atom stereocenters. The first-order valence-corrected chi connectivity index (χ1v) is 11.0. The molecule has 1 aromatic heterocycles. The molecule has 6 nitrogen and oxygen atoms in total. The molecule has 0 bridgehead atoms. The standard InChI is InChI=1S/C24H32N4O2/c1-18-5-7-21(8-6-18)26-12-14-27(15-13-26)23(29)22-19(2)9-11-28(24(22)30)17-20-4-3-10-25-16-20/h5-9,11,20,25H,3-4,10,12-17H2,1-2H3. The van der Waals surface area contributed by atoms with Crippen LogP contribution < -0.4 is 15.8 Å². The van der Waals surface area contributed by atoms with Gasteiger partial charge in [0.05, 0.1) is 0 Å². The van der Waals surface area contributed by atoms with Gasteiger partial charge in [-0.25, -0.2) is 0 Å². The lowest BCUT2D eigenvalue weighted by Gasteiger charge is -2.36. The first kappa shape index (κ1) is 20.7. The Morgan fingerprint density at radius 2 is 1.80 bits per heavy atom. The lowest BCUT2D eigenvalue weighted by molar-refractivity contribution is 0.0743. The molecular formula is C24H32N4O2. The number of amides is 1. The van der Waals surface area contributed by atoms with Gasteiger partial charge in [0.25, 0.3) is 11.5 Å². The summed E-state index contributed by atoms with van der Waals surface area (Å²) in [5, 5.41) is 3.40. The second kappa shape index (κ2) is 9.04. The van der Waals surface area contributed by atoms with Gasteiger partial charge in [-0.2, -0.15) is 0 Å². The zero-order valence-corrected chi connectivity index (χ0v) is 18.1. The van der Waals surface area contributed by atoms with Crippen LogP contribution in [0.1, 0.15) is 34.3 Å². The molecular weight excluding hydrogens is 376 g/mol. The van der Waals surface area contributed by atoms with Crippen molar-refractivity contribution >= 4 is 11.6 Å². The van der Waals surface area contributed by atoms with Crippen molar-refractivity contribution in [3.8, 4) is 0 Å². The molecule has 1 unspecified atom stereocenters. The largest absolute Gasteiger partial charge is 0.368 e. The minimum absolute atomic E-state index is 0.128. The number of carbonyl (C=O) groups excluding carboxylic acids is 1. The number of hydrogen-bond donors (Lipinski definition) is 1. The Bertz CT molecular complexity index is 937. The Morgan fingerprint density at radius 3 is 2.47 bits per heavy atom. The van der Waals surface area contributed by atoms with Crippen LogP contribution in [-0.4, -0.2) is 54.6 Å². The van der Waals surface area contributed by atoms with Crippen molar-refractivity contribution in [2.45, 2.75) is 33.2 Å². The third-order valence-electron chi connectivity index (χ3n) is 6.41. The van der Waals surface area contributed by atoms with E-state index in [9.17, 15) is 9.59 Å². The van der Waals surface area contributed by atoms with E-state index in [2.05, 4.69) is 41.4 Å². The van der Waals surface area contributed by atoms with Crippen LogP contribution in [0.2, 0.25) is 0 Å². The number of nitrogens with zero attached hydrogens (tertiary/aromatic N) is 3. The van der Waals surface area contributed by atoms with Crippen LogP contribution in [0.5, 0.6) is 0 Å². The summed E-state index contributed by atoms with van der Waals surface area (Å²) in [6.07, 6.45) is 4.11. The van der Waals surface area contributed by atoms with Gasteiger partial charge in [-0.1, -0.05) is 17.7 Å². The van der Waals surface area contributed by atoms with Crippen LogP contribution in [0.25, 0.3) is 0 Å². The zero-order chi connectivity index (χ0) is 21.1. The molecule has 0 spiro atoms. The summed E-state index contributed by atoms with van der Waals surface area (Å²) in [6, 6.07) is 10.4. The van der Waals surface area contributed by atoms with Crippen molar-refractivity contribution in [3.63, 3.8) is 0 Å². The van der Waals surface area contributed by atoms with E-state index in [0.29, 0.717) is 31.1 Å². The molecule has 2 fully saturated rings. The lowest BCUT2D eigenvalue weighted by atomic mass is 9.99. The predicted molar refractivity (Wildman–Crippen MR) is 120 cm³/mol. The van der Waals surface area contributed by atoms with Crippen molar-refractivity contribution in [2.75, 3.05) is 44.2 Å². The van der Waals surface area contributed by atoms with E-state index in [4.69, 9.17) is 0 Å². The van der Waals surface area contributed by atoms with Crippen molar-refractivity contribution in [1.82, 2.24) is 14.8 Å². The summed E-state index contributed by atoms with van der Waals surface area (Å²) in [6.45, 7) is 9.44. The highest BCUT2D eigenvalue weighted by molar-refractivity contribution is 5.95. The van der Waals surface area contributed by atoms with Crippen LogP contribution in [0, 0.1) is 19.8 Å². The molecule has 2 saturated heterocycles. The smallest absolute Gasteiger partial charge is 0.263 e. The number of piperazine rings is 1. The van der Waals surface area contributed by atoms with Crippen LogP contribution >= 0.6 is 0 Å². The Balaban J connectivity index is 1.46. The van der Waals surface area contributed by atoms with Gasteiger partial charge in [0, 0.05) is 44.6 Å². The van der Waals surface area contributed by atoms with Crippen molar-refractivity contribution in [3.05, 3.63) is 63.6 Å². The van der Waals surface area contributed by atoms with Crippen LogP contribution in [0.4, 0.5) is 5.69 Å². The molecule has 4 rings (SSSR count). The molecule has 2 aromatic rings. The van der Waals surface area contributed by atoms with Crippen LogP contribution in [0.3, 0.4) is 0 Å².